The summed E-state index contributed by atoms with van der Waals surface area (Å²) in [4.78, 5) is 69.3. The maximum Gasteiger partial charge on any atom is 0.326 e. The van der Waals surface area contributed by atoms with Crippen molar-refractivity contribution < 1.29 is 29.1 Å². The van der Waals surface area contributed by atoms with Crippen molar-refractivity contribution in [3.8, 4) is 0 Å². The number of hydrogen-bond donors (Lipinski definition) is 10. The molecular weight excluding hydrogens is 546 g/mol. The zero-order valence-electron chi connectivity index (χ0n) is 22.6. The number of thioether (sulfide) groups is 1. The zero-order chi connectivity index (χ0) is 30.7. The fraction of sp³-hybridized carbons (Fsp3) is 0.682. The molecule has 0 heterocycles. The number of nitrogens with zero attached hydrogens (tertiary/aromatic N) is 2. The molecule has 228 valence electrons. The van der Waals surface area contributed by atoms with Crippen molar-refractivity contribution in [1.29, 1.82) is 0 Å². The van der Waals surface area contributed by atoms with E-state index < -0.39 is 53.8 Å². The van der Waals surface area contributed by atoms with Crippen LogP contribution < -0.4 is 50.4 Å². The van der Waals surface area contributed by atoms with Gasteiger partial charge in [-0.25, -0.2) is 4.79 Å². The predicted molar refractivity (Wildman–Crippen MR) is 153 cm³/mol. The predicted octanol–water partition coefficient (Wildman–Crippen LogP) is -4.02. The van der Waals surface area contributed by atoms with Crippen molar-refractivity contribution in [2.75, 3.05) is 25.1 Å². The van der Waals surface area contributed by atoms with E-state index in [1.54, 1.807) is 6.26 Å². The summed E-state index contributed by atoms with van der Waals surface area (Å²) in [5.41, 5.74) is 32.2. The van der Waals surface area contributed by atoms with Gasteiger partial charge >= 0.3 is 5.97 Å². The van der Waals surface area contributed by atoms with E-state index >= 15 is 0 Å². The Labute approximate surface area is 237 Å². The van der Waals surface area contributed by atoms with Crippen molar-refractivity contribution in [3.05, 3.63) is 0 Å². The molecule has 17 nitrogen and oxygen atoms in total. The Morgan fingerprint density at radius 2 is 1.18 bits per heavy atom. The first-order valence-electron chi connectivity index (χ1n) is 12.6. The van der Waals surface area contributed by atoms with Crippen molar-refractivity contribution >= 4 is 53.3 Å². The SMILES string of the molecule is CSCCC(NC(=O)C(CCCN=C(N)N)NC(=O)C(CCCN=C(N)N)NC(=O)C(N)CCC(N)=O)C(=O)O. The number of carbonyl (C=O) groups is 5. The Kier molecular flexibility index (Phi) is 18.2. The summed E-state index contributed by atoms with van der Waals surface area (Å²) in [6.07, 6.45) is 2.50. The monoisotopic (exact) mass is 589 g/mol. The van der Waals surface area contributed by atoms with Gasteiger partial charge in [0.1, 0.15) is 18.1 Å². The van der Waals surface area contributed by atoms with Gasteiger partial charge in [-0.1, -0.05) is 0 Å². The van der Waals surface area contributed by atoms with Gasteiger partial charge in [0.15, 0.2) is 11.9 Å². The summed E-state index contributed by atoms with van der Waals surface area (Å²) in [5.74, 6) is -3.83. The molecule has 0 saturated heterocycles. The van der Waals surface area contributed by atoms with E-state index in [4.69, 9.17) is 34.4 Å². The third-order valence-electron chi connectivity index (χ3n) is 5.42. The van der Waals surface area contributed by atoms with Crippen LogP contribution in [0.4, 0.5) is 0 Å². The van der Waals surface area contributed by atoms with Gasteiger partial charge in [-0.3, -0.25) is 29.2 Å². The molecule has 0 aromatic rings. The molecule has 0 aromatic carbocycles. The van der Waals surface area contributed by atoms with E-state index in [1.165, 1.54) is 11.8 Å². The Morgan fingerprint density at radius 1 is 0.725 bits per heavy atom. The molecule has 0 fully saturated rings. The maximum atomic E-state index is 13.2. The quantitative estimate of drug-likeness (QED) is 0.0347. The minimum absolute atomic E-state index is 0.0358. The van der Waals surface area contributed by atoms with E-state index in [0.29, 0.717) is 5.75 Å². The van der Waals surface area contributed by atoms with Crippen LogP contribution in [0.3, 0.4) is 0 Å². The number of aliphatic imine (C=N–C) groups is 2. The molecule has 18 heteroatoms. The Morgan fingerprint density at radius 3 is 1.57 bits per heavy atom. The average molecular weight is 590 g/mol. The van der Waals surface area contributed by atoms with Gasteiger partial charge in [0, 0.05) is 19.5 Å². The van der Waals surface area contributed by atoms with Crippen LogP contribution in [0.25, 0.3) is 0 Å². The van der Waals surface area contributed by atoms with Gasteiger partial charge in [-0.05, 0) is 50.5 Å². The second-order valence-corrected chi connectivity index (χ2v) is 9.80. The minimum atomic E-state index is -1.22. The first kappa shape index (κ1) is 36.2. The molecule has 40 heavy (non-hydrogen) atoms. The Bertz CT molecular complexity index is 910. The first-order valence-corrected chi connectivity index (χ1v) is 13.9. The highest BCUT2D eigenvalue weighted by Crippen LogP contribution is 2.07. The zero-order valence-corrected chi connectivity index (χ0v) is 23.5. The largest absolute Gasteiger partial charge is 0.480 e. The van der Waals surface area contributed by atoms with Crippen LogP contribution in [0.2, 0.25) is 0 Å². The molecule has 0 aromatic heterocycles. The normalized spacial score (nSPS) is 13.6. The summed E-state index contributed by atoms with van der Waals surface area (Å²) in [6, 6.07) is -4.61. The molecule has 16 N–H and O–H groups in total. The molecule has 0 spiro atoms. The van der Waals surface area contributed by atoms with Gasteiger partial charge in [0.2, 0.25) is 23.6 Å². The number of guanidine groups is 2. The third-order valence-corrected chi connectivity index (χ3v) is 6.06. The summed E-state index contributed by atoms with van der Waals surface area (Å²) in [5, 5.41) is 17.0. The number of aliphatic carboxylic acids is 1. The highest BCUT2D eigenvalue weighted by atomic mass is 32.2. The van der Waals surface area contributed by atoms with E-state index in [2.05, 4.69) is 25.9 Å². The van der Waals surface area contributed by atoms with Gasteiger partial charge in [0.05, 0.1) is 6.04 Å². The van der Waals surface area contributed by atoms with E-state index in [-0.39, 0.29) is 70.0 Å². The maximum absolute atomic E-state index is 13.2. The number of carboxylic acid groups (broad SMARTS) is 1. The molecule has 0 aliphatic heterocycles. The minimum Gasteiger partial charge on any atom is -0.480 e. The van der Waals surface area contributed by atoms with Crippen LogP contribution in [0.15, 0.2) is 9.98 Å². The smallest absolute Gasteiger partial charge is 0.326 e. The van der Waals surface area contributed by atoms with Crippen LogP contribution >= 0.6 is 11.8 Å². The summed E-state index contributed by atoms with van der Waals surface area (Å²) in [6.45, 7) is 0.318. The van der Waals surface area contributed by atoms with Gasteiger partial charge in [-0.2, -0.15) is 11.8 Å². The number of rotatable bonds is 21. The number of nitrogens with one attached hydrogen (secondary N) is 3. The molecule has 4 atom stereocenters. The van der Waals surface area contributed by atoms with E-state index in [0.717, 1.165) is 0 Å². The molecule has 0 aliphatic carbocycles. The van der Waals surface area contributed by atoms with Crippen LogP contribution in [0, 0.1) is 0 Å². The Hall–Kier alpha value is -3.80. The number of nitrogens with two attached hydrogens (primary N) is 6. The summed E-state index contributed by atoms with van der Waals surface area (Å²) in [7, 11) is 0. The lowest BCUT2D eigenvalue weighted by atomic mass is 10.1. The molecule has 4 amide bonds. The molecule has 0 radical (unpaired) electrons. The third kappa shape index (κ3) is 16.9. The second-order valence-electron chi connectivity index (χ2n) is 8.81. The highest BCUT2D eigenvalue weighted by molar-refractivity contribution is 7.98. The summed E-state index contributed by atoms with van der Waals surface area (Å²) >= 11 is 1.42. The van der Waals surface area contributed by atoms with Crippen LogP contribution in [-0.2, 0) is 24.0 Å². The van der Waals surface area contributed by atoms with Crippen molar-refractivity contribution in [3.63, 3.8) is 0 Å². The topological polar surface area (TPSA) is 323 Å². The fourth-order valence-electron chi connectivity index (χ4n) is 3.29. The Balaban J connectivity index is 5.74. The highest BCUT2D eigenvalue weighted by Gasteiger charge is 2.30. The number of carboxylic acids is 1. The average Bonchev–Trinajstić information content (AvgIpc) is 2.87. The molecule has 0 rings (SSSR count). The van der Waals surface area contributed by atoms with Crippen molar-refractivity contribution in [1.82, 2.24) is 16.0 Å². The second kappa shape index (κ2) is 20.2. The fourth-order valence-corrected chi connectivity index (χ4v) is 3.76. The number of amides is 4. The van der Waals surface area contributed by atoms with Crippen LogP contribution in [-0.4, -0.2) is 95.9 Å². The van der Waals surface area contributed by atoms with E-state index in [9.17, 15) is 29.1 Å². The molecule has 0 saturated carbocycles. The number of carbonyl (C=O) groups excluding carboxylic acids is 4. The lowest BCUT2D eigenvalue weighted by Gasteiger charge is -2.25. The first-order chi connectivity index (χ1) is 18.8. The van der Waals surface area contributed by atoms with E-state index in [1.807, 2.05) is 0 Å². The summed E-state index contributed by atoms with van der Waals surface area (Å²) < 4.78 is 0. The lowest BCUT2D eigenvalue weighted by molar-refractivity contribution is -0.142. The standard InChI is InChI=1S/C22H43N11O6S/c1-40-11-8-15(20(38)39)33-19(37)14(5-3-10-30-22(27)28)32-18(36)13(4-2-9-29-21(25)26)31-17(35)12(23)6-7-16(24)34/h12-15H,2-11,23H2,1H3,(H2,24,34)(H,31,35)(H,32,36)(H,33,37)(H,38,39)(H4,25,26,29)(H4,27,28,30). The number of primary amides is 1. The van der Waals surface area contributed by atoms with Crippen LogP contribution in [0.1, 0.15) is 44.9 Å². The van der Waals surface area contributed by atoms with Crippen molar-refractivity contribution in [2.24, 2.45) is 44.4 Å². The molecule has 0 aliphatic rings. The van der Waals surface area contributed by atoms with Gasteiger partial charge in [0.25, 0.3) is 0 Å². The molecule has 0 bridgehead atoms. The number of hydrogen-bond acceptors (Lipinski definition) is 9. The van der Waals surface area contributed by atoms with Gasteiger partial charge < -0.3 is 55.5 Å². The van der Waals surface area contributed by atoms with Crippen molar-refractivity contribution in [2.45, 2.75) is 69.1 Å². The van der Waals surface area contributed by atoms with Crippen LogP contribution in [0.5, 0.6) is 0 Å². The lowest BCUT2D eigenvalue weighted by Crippen LogP contribution is -2.57. The molecule has 4 unspecified atom stereocenters. The molecular formula is C22H43N11O6S. The van der Waals surface area contributed by atoms with Gasteiger partial charge in [-0.15, -0.1) is 0 Å².